The third-order valence-electron chi connectivity index (χ3n) is 3.57. The zero-order valence-corrected chi connectivity index (χ0v) is 12.1. The summed E-state index contributed by atoms with van der Waals surface area (Å²) in [5.41, 5.74) is 0.847. The van der Waals surface area contributed by atoms with Crippen molar-refractivity contribution in [2.24, 2.45) is 5.92 Å². The summed E-state index contributed by atoms with van der Waals surface area (Å²) in [6.45, 7) is 0.840. The predicted molar refractivity (Wildman–Crippen MR) is 80.6 cm³/mol. The molecule has 1 aromatic carbocycles. The van der Waals surface area contributed by atoms with Gasteiger partial charge in [-0.1, -0.05) is 23.5 Å². The number of nitrogens with one attached hydrogen (secondary N) is 1. The number of para-hydroxylation sites is 1. The van der Waals surface area contributed by atoms with Crippen LogP contribution in [0, 0.1) is 5.92 Å². The molecule has 1 saturated heterocycles. The number of fused-ring (bicyclic) bond motifs is 1. The van der Waals surface area contributed by atoms with Crippen LogP contribution in [0.3, 0.4) is 0 Å². The van der Waals surface area contributed by atoms with E-state index in [0.717, 1.165) is 10.2 Å². The van der Waals surface area contributed by atoms with Crippen LogP contribution in [-0.2, 0) is 4.79 Å². The van der Waals surface area contributed by atoms with Crippen molar-refractivity contribution >= 4 is 38.7 Å². The van der Waals surface area contributed by atoms with Crippen LogP contribution in [0.2, 0.25) is 0 Å². The third-order valence-corrected chi connectivity index (χ3v) is 4.52. The second-order valence-electron chi connectivity index (χ2n) is 5.04. The molecular weight excluding hydrogens is 290 g/mol. The summed E-state index contributed by atoms with van der Waals surface area (Å²) >= 11 is 1.41. The smallest absolute Gasteiger partial charge is 0.323 e. The van der Waals surface area contributed by atoms with E-state index >= 15 is 0 Å². The largest absolute Gasteiger partial charge is 0.481 e. The lowest BCUT2D eigenvalue weighted by molar-refractivity contribution is -0.143. The Bertz CT molecular complexity index is 652. The molecule has 110 valence electrons. The molecule has 1 aliphatic rings. The van der Waals surface area contributed by atoms with Crippen LogP contribution >= 0.6 is 11.3 Å². The van der Waals surface area contributed by atoms with Crippen molar-refractivity contribution in [3.05, 3.63) is 24.3 Å². The van der Waals surface area contributed by atoms with Gasteiger partial charge in [0, 0.05) is 13.1 Å². The number of anilines is 1. The highest BCUT2D eigenvalue weighted by atomic mass is 32.1. The Kier molecular flexibility index (Phi) is 3.74. The van der Waals surface area contributed by atoms with Crippen molar-refractivity contribution in [1.29, 1.82) is 0 Å². The van der Waals surface area contributed by atoms with Crippen LogP contribution in [0.5, 0.6) is 0 Å². The first-order valence-electron chi connectivity index (χ1n) is 6.78. The maximum atomic E-state index is 12.2. The molecule has 1 aliphatic heterocycles. The van der Waals surface area contributed by atoms with E-state index in [2.05, 4.69) is 10.3 Å². The number of carboxylic acid groups (broad SMARTS) is 1. The molecule has 6 nitrogen and oxygen atoms in total. The zero-order valence-electron chi connectivity index (χ0n) is 11.3. The molecule has 0 spiro atoms. The quantitative estimate of drug-likeness (QED) is 0.893. The number of nitrogens with zero attached hydrogens (tertiary/aromatic N) is 2. The van der Waals surface area contributed by atoms with E-state index in [1.807, 2.05) is 24.3 Å². The molecule has 1 aromatic heterocycles. The first-order chi connectivity index (χ1) is 10.1. The van der Waals surface area contributed by atoms with Crippen molar-refractivity contribution in [2.75, 3.05) is 18.4 Å². The molecule has 2 aromatic rings. The fourth-order valence-corrected chi connectivity index (χ4v) is 3.31. The van der Waals surface area contributed by atoms with Gasteiger partial charge < -0.3 is 10.0 Å². The minimum atomic E-state index is -0.840. The molecule has 1 fully saturated rings. The van der Waals surface area contributed by atoms with Crippen LogP contribution in [0.15, 0.2) is 24.3 Å². The number of urea groups is 1. The second kappa shape index (κ2) is 5.69. The Balaban J connectivity index is 1.69. The molecule has 2 N–H and O–H groups in total. The van der Waals surface area contributed by atoms with Crippen molar-refractivity contribution in [1.82, 2.24) is 9.88 Å². The molecule has 21 heavy (non-hydrogen) atoms. The molecular formula is C14H15N3O3S. The van der Waals surface area contributed by atoms with Gasteiger partial charge in [0.25, 0.3) is 0 Å². The minimum Gasteiger partial charge on any atom is -0.481 e. The Labute approximate surface area is 125 Å². The summed E-state index contributed by atoms with van der Waals surface area (Å²) in [5.74, 6) is -1.31. The molecule has 0 aliphatic carbocycles. The van der Waals surface area contributed by atoms with Crippen LogP contribution in [-0.4, -0.2) is 40.1 Å². The third kappa shape index (κ3) is 2.97. The monoisotopic (exact) mass is 305 g/mol. The zero-order chi connectivity index (χ0) is 14.8. The Morgan fingerprint density at radius 3 is 2.95 bits per heavy atom. The van der Waals surface area contributed by atoms with Crippen LogP contribution in [0.1, 0.15) is 12.8 Å². The normalized spacial score (nSPS) is 18.7. The van der Waals surface area contributed by atoms with E-state index in [1.165, 1.54) is 11.3 Å². The second-order valence-corrected chi connectivity index (χ2v) is 6.07. The summed E-state index contributed by atoms with van der Waals surface area (Å²) in [6.07, 6.45) is 1.34. The average molecular weight is 305 g/mol. The lowest BCUT2D eigenvalue weighted by Crippen LogP contribution is -2.44. The molecule has 3 rings (SSSR count). The molecule has 0 radical (unpaired) electrons. The predicted octanol–water partition coefficient (Wildman–Crippen LogP) is 2.62. The molecule has 1 atom stereocenters. The van der Waals surface area contributed by atoms with Gasteiger partial charge in [0.15, 0.2) is 5.13 Å². The summed E-state index contributed by atoms with van der Waals surface area (Å²) in [7, 11) is 0. The number of amides is 2. The van der Waals surface area contributed by atoms with Crippen LogP contribution < -0.4 is 5.32 Å². The standard InChI is InChI=1S/C14H15N3O3S/c18-12(19)9-4-3-7-17(8-9)14(20)16-13-15-10-5-1-2-6-11(10)21-13/h1-2,5-6,9H,3-4,7-8H2,(H,18,19)(H,15,16,20)/t9-/m1/s1. The maximum absolute atomic E-state index is 12.2. The number of hydrogen-bond donors (Lipinski definition) is 2. The summed E-state index contributed by atoms with van der Waals surface area (Å²) in [4.78, 5) is 29.1. The van der Waals surface area contributed by atoms with Crippen molar-refractivity contribution in [3.63, 3.8) is 0 Å². The van der Waals surface area contributed by atoms with Gasteiger partial charge in [0.1, 0.15) is 0 Å². The number of aliphatic carboxylic acids is 1. The number of rotatable bonds is 2. The van der Waals surface area contributed by atoms with Crippen molar-refractivity contribution in [3.8, 4) is 0 Å². The Hall–Kier alpha value is -2.15. The number of thiazole rings is 1. The molecule has 0 bridgehead atoms. The minimum absolute atomic E-state index is 0.256. The number of benzene rings is 1. The fourth-order valence-electron chi connectivity index (χ4n) is 2.46. The van der Waals surface area contributed by atoms with Gasteiger partial charge in [-0.05, 0) is 25.0 Å². The van der Waals surface area contributed by atoms with Crippen molar-refractivity contribution < 1.29 is 14.7 Å². The van der Waals surface area contributed by atoms with Gasteiger partial charge >= 0.3 is 12.0 Å². The van der Waals surface area contributed by atoms with Crippen LogP contribution in [0.4, 0.5) is 9.93 Å². The lowest BCUT2D eigenvalue weighted by Gasteiger charge is -2.30. The number of piperidine rings is 1. The lowest BCUT2D eigenvalue weighted by atomic mass is 9.99. The topological polar surface area (TPSA) is 82.5 Å². The van der Waals surface area contributed by atoms with Gasteiger partial charge in [0.2, 0.25) is 0 Å². The van der Waals surface area contributed by atoms with Crippen LogP contribution in [0.25, 0.3) is 10.2 Å². The van der Waals surface area contributed by atoms with E-state index in [-0.39, 0.29) is 12.6 Å². The van der Waals surface area contributed by atoms with Gasteiger partial charge in [-0.15, -0.1) is 0 Å². The first kappa shape index (κ1) is 13.8. The number of aromatic nitrogens is 1. The van der Waals surface area contributed by atoms with E-state index in [1.54, 1.807) is 4.90 Å². The number of carboxylic acids is 1. The molecule has 7 heteroatoms. The van der Waals surface area contributed by atoms with Gasteiger partial charge in [-0.2, -0.15) is 0 Å². The SMILES string of the molecule is O=C(O)[C@@H]1CCCN(C(=O)Nc2nc3ccccc3s2)C1. The summed E-state index contributed by atoms with van der Waals surface area (Å²) < 4.78 is 1.01. The number of carbonyl (C=O) groups excluding carboxylic acids is 1. The van der Waals surface area contributed by atoms with E-state index in [4.69, 9.17) is 5.11 Å². The molecule has 2 heterocycles. The molecule has 0 unspecified atom stereocenters. The van der Waals surface area contributed by atoms with Gasteiger partial charge in [0.05, 0.1) is 16.1 Å². The average Bonchev–Trinajstić information content (AvgIpc) is 2.89. The molecule has 0 saturated carbocycles. The van der Waals surface area contributed by atoms with E-state index in [9.17, 15) is 9.59 Å². The summed E-state index contributed by atoms with van der Waals surface area (Å²) in [5, 5.41) is 12.4. The fraction of sp³-hybridized carbons (Fsp3) is 0.357. The summed E-state index contributed by atoms with van der Waals surface area (Å²) in [6, 6.07) is 7.39. The van der Waals surface area contributed by atoms with Gasteiger partial charge in [-0.25, -0.2) is 9.78 Å². The Morgan fingerprint density at radius 2 is 2.19 bits per heavy atom. The highest BCUT2D eigenvalue weighted by molar-refractivity contribution is 7.22. The Morgan fingerprint density at radius 1 is 1.38 bits per heavy atom. The molecule has 2 amide bonds. The highest BCUT2D eigenvalue weighted by Gasteiger charge is 2.28. The first-order valence-corrected chi connectivity index (χ1v) is 7.59. The number of carbonyl (C=O) groups is 2. The number of likely N-dealkylation sites (tertiary alicyclic amines) is 1. The van der Waals surface area contributed by atoms with E-state index in [0.29, 0.717) is 24.5 Å². The van der Waals surface area contributed by atoms with Crippen molar-refractivity contribution in [2.45, 2.75) is 12.8 Å². The van der Waals surface area contributed by atoms with Gasteiger partial charge in [-0.3, -0.25) is 10.1 Å². The maximum Gasteiger partial charge on any atom is 0.323 e. The number of hydrogen-bond acceptors (Lipinski definition) is 4. The van der Waals surface area contributed by atoms with E-state index < -0.39 is 11.9 Å². The highest BCUT2D eigenvalue weighted by Crippen LogP contribution is 2.26.